The zero-order valence-corrected chi connectivity index (χ0v) is 18.2. The fourth-order valence-electron chi connectivity index (χ4n) is 4.29. The van der Waals surface area contributed by atoms with Crippen molar-refractivity contribution >= 4 is 34.1 Å². The molecule has 6 nitrogen and oxygen atoms in total. The number of pyridine rings is 1. The number of nitrogens with one attached hydrogen (secondary N) is 1. The predicted molar refractivity (Wildman–Crippen MR) is 123 cm³/mol. The van der Waals surface area contributed by atoms with E-state index in [0.717, 1.165) is 24.2 Å². The van der Waals surface area contributed by atoms with E-state index in [1.165, 1.54) is 10.7 Å². The van der Waals surface area contributed by atoms with E-state index in [0.29, 0.717) is 46.3 Å². The molecule has 0 saturated heterocycles. The number of aromatic nitrogens is 3. The Balaban J connectivity index is 1.63. The maximum Gasteiger partial charge on any atom is 0.280 e. The molecule has 4 aromatic rings. The number of hydrogen-bond donors (Lipinski definition) is 1. The summed E-state index contributed by atoms with van der Waals surface area (Å²) >= 11 is 12.5. The van der Waals surface area contributed by atoms with Gasteiger partial charge in [0.05, 0.1) is 27.3 Å². The van der Waals surface area contributed by atoms with Crippen molar-refractivity contribution in [3.63, 3.8) is 0 Å². The summed E-state index contributed by atoms with van der Waals surface area (Å²) < 4.78 is 3.14. The molecule has 0 fully saturated rings. The van der Waals surface area contributed by atoms with Crippen LogP contribution in [0.1, 0.15) is 17.7 Å². The number of halogens is 2. The van der Waals surface area contributed by atoms with Crippen LogP contribution in [0.25, 0.3) is 16.6 Å². The van der Waals surface area contributed by atoms with Crippen LogP contribution >= 0.6 is 23.2 Å². The summed E-state index contributed by atoms with van der Waals surface area (Å²) in [4.78, 5) is 28.5. The van der Waals surface area contributed by atoms with Gasteiger partial charge in [-0.15, -0.1) is 0 Å². The highest BCUT2D eigenvalue weighted by molar-refractivity contribution is 6.32. The van der Waals surface area contributed by atoms with Crippen molar-refractivity contribution in [2.24, 2.45) is 0 Å². The molecule has 2 aromatic heterocycles. The van der Waals surface area contributed by atoms with Crippen LogP contribution < -0.4 is 11.1 Å². The largest absolute Gasteiger partial charge is 0.310 e. The smallest absolute Gasteiger partial charge is 0.280 e. The molecular weight excluding hydrogens is 435 g/mol. The summed E-state index contributed by atoms with van der Waals surface area (Å²) in [5.74, 6) is 0. The van der Waals surface area contributed by atoms with Crippen molar-refractivity contribution in [1.29, 1.82) is 0 Å². The summed E-state index contributed by atoms with van der Waals surface area (Å²) in [7, 11) is 0. The molecule has 31 heavy (non-hydrogen) atoms. The number of aromatic amines is 1. The first-order valence-electron chi connectivity index (χ1n) is 10.1. The van der Waals surface area contributed by atoms with Crippen molar-refractivity contribution in [1.82, 2.24) is 19.2 Å². The van der Waals surface area contributed by atoms with Gasteiger partial charge in [-0.1, -0.05) is 47.5 Å². The van der Waals surface area contributed by atoms with E-state index in [1.807, 2.05) is 36.4 Å². The first-order chi connectivity index (χ1) is 15.0. The number of benzene rings is 2. The summed E-state index contributed by atoms with van der Waals surface area (Å²) in [5, 5.41) is 4.75. The Bertz CT molecular complexity index is 1400. The van der Waals surface area contributed by atoms with E-state index < -0.39 is 0 Å². The van der Waals surface area contributed by atoms with Gasteiger partial charge in [0, 0.05) is 37.3 Å². The van der Waals surface area contributed by atoms with Crippen molar-refractivity contribution in [2.75, 3.05) is 6.54 Å². The average Bonchev–Trinajstić information content (AvgIpc) is 2.92. The number of fused-ring (bicyclic) bond motifs is 3. The number of rotatable bonds is 3. The number of nitrogens with zero attached hydrogens (tertiary/aromatic N) is 3. The minimum atomic E-state index is -0.212. The lowest BCUT2D eigenvalue weighted by atomic mass is 10.2. The molecule has 5 rings (SSSR count). The average molecular weight is 455 g/mol. The molecule has 1 aliphatic rings. The number of hydrogen-bond acceptors (Lipinski definition) is 3. The molecule has 0 unspecified atom stereocenters. The van der Waals surface area contributed by atoms with Crippen LogP contribution in [0, 0.1) is 0 Å². The highest BCUT2D eigenvalue weighted by atomic mass is 35.5. The third kappa shape index (κ3) is 3.71. The van der Waals surface area contributed by atoms with Crippen LogP contribution in [-0.2, 0) is 19.6 Å². The first-order valence-corrected chi connectivity index (χ1v) is 10.9. The van der Waals surface area contributed by atoms with E-state index in [9.17, 15) is 9.59 Å². The van der Waals surface area contributed by atoms with Gasteiger partial charge >= 0.3 is 0 Å². The molecule has 0 aliphatic carbocycles. The van der Waals surface area contributed by atoms with E-state index in [-0.39, 0.29) is 11.1 Å². The molecule has 8 heteroatoms. The lowest BCUT2D eigenvalue weighted by molar-refractivity contribution is 0.262. The van der Waals surface area contributed by atoms with Gasteiger partial charge in [-0.25, -0.2) is 4.68 Å². The van der Waals surface area contributed by atoms with Gasteiger partial charge in [0.1, 0.15) is 0 Å². The molecule has 0 saturated carbocycles. The molecule has 0 atom stereocenters. The quantitative estimate of drug-likeness (QED) is 0.504. The maximum absolute atomic E-state index is 13.4. The lowest BCUT2D eigenvalue weighted by Crippen LogP contribution is -2.27. The van der Waals surface area contributed by atoms with Gasteiger partial charge in [0.25, 0.3) is 11.1 Å². The Morgan fingerprint density at radius 2 is 1.81 bits per heavy atom. The van der Waals surface area contributed by atoms with E-state index in [4.69, 9.17) is 23.2 Å². The van der Waals surface area contributed by atoms with E-state index in [2.05, 4.69) is 10.00 Å². The normalized spacial score (nSPS) is 14.5. The third-order valence-electron chi connectivity index (χ3n) is 5.68. The topological polar surface area (TPSA) is 63.0 Å². The molecule has 0 bridgehead atoms. The predicted octanol–water partition coefficient (Wildman–Crippen LogP) is 4.19. The second kappa shape index (κ2) is 8.04. The Morgan fingerprint density at radius 3 is 2.61 bits per heavy atom. The Morgan fingerprint density at radius 1 is 0.968 bits per heavy atom. The Labute approximate surface area is 188 Å². The van der Waals surface area contributed by atoms with Gasteiger partial charge < -0.3 is 4.57 Å². The summed E-state index contributed by atoms with van der Waals surface area (Å²) in [6, 6.07) is 16.4. The van der Waals surface area contributed by atoms with Crippen LogP contribution in [0.15, 0.2) is 64.2 Å². The molecule has 3 heterocycles. The molecule has 0 radical (unpaired) electrons. The van der Waals surface area contributed by atoms with Crippen molar-refractivity contribution in [3.05, 3.63) is 96.6 Å². The summed E-state index contributed by atoms with van der Waals surface area (Å²) in [5.41, 5.74) is 2.58. The van der Waals surface area contributed by atoms with Crippen molar-refractivity contribution in [3.8, 4) is 5.69 Å². The molecule has 0 spiro atoms. The molecule has 0 amide bonds. The molecule has 1 N–H and O–H groups in total. The summed E-state index contributed by atoms with van der Waals surface area (Å²) in [6.45, 7) is 2.58. The Kier molecular flexibility index (Phi) is 5.22. The van der Waals surface area contributed by atoms with Gasteiger partial charge in [-0.2, -0.15) is 0 Å². The monoisotopic (exact) mass is 454 g/mol. The first kappa shape index (κ1) is 20.1. The molecule has 2 aromatic carbocycles. The third-order valence-corrected chi connectivity index (χ3v) is 6.24. The highest BCUT2D eigenvalue weighted by Crippen LogP contribution is 2.23. The molecular formula is C23H20Cl2N4O2. The lowest BCUT2D eigenvalue weighted by Gasteiger charge is -2.20. The zero-order chi connectivity index (χ0) is 21.5. The van der Waals surface area contributed by atoms with Crippen LogP contribution in [0.4, 0.5) is 0 Å². The van der Waals surface area contributed by atoms with Gasteiger partial charge in [-0.05, 0) is 36.2 Å². The van der Waals surface area contributed by atoms with Gasteiger partial charge in [0.15, 0.2) is 0 Å². The number of para-hydroxylation sites is 1. The fraction of sp³-hybridized carbons (Fsp3) is 0.217. The zero-order valence-electron chi connectivity index (χ0n) is 16.6. The maximum atomic E-state index is 13.4. The van der Waals surface area contributed by atoms with Crippen LogP contribution in [0.3, 0.4) is 0 Å². The van der Waals surface area contributed by atoms with E-state index in [1.54, 1.807) is 16.7 Å². The minimum absolute atomic E-state index is 0.111. The highest BCUT2D eigenvalue weighted by Gasteiger charge is 2.22. The number of H-pyrrole nitrogens is 1. The van der Waals surface area contributed by atoms with Crippen LogP contribution in [-0.4, -0.2) is 25.8 Å². The van der Waals surface area contributed by atoms with Crippen LogP contribution in [0.5, 0.6) is 0 Å². The minimum Gasteiger partial charge on any atom is -0.310 e. The molecule has 158 valence electrons. The second-order valence-corrected chi connectivity index (χ2v) is 8.61. The van der Waals surface area contributed by atoms with Crippen molar-refractivity contribution in [2.45, 2.75) is 26.1 Å². The molecule has 1 aliphatic heterocycles. The summed E-state index contributed by atoms with van der Waals surface area (Å²) in [6.07, 6.45) is 0.822. The van der Waals surface area contributed by atoms with Crippen molar-refractivity contribution < 1.29 is 0 Å². The standard InChI is InChI=1S/C23H20Cl2N4O2/c24-16-6-3-5-15(11-16)13-27-9-4-10-28-20(14-27)22-18(12-21(28)30)26-29(23(22)31)19-8-2-1-7-17(19)25/h1-3,5-8,11-12,26H,4,9-10,13-14H2. The fourth-order valence-corrected chi connectivity index (χ4v) is 4.72. The van der Waals surface area contributed by atoms with Gasteiger partial charge in [-0.3, -0.25) is 19.6 Å². The van der Waals surface area contributed by atoms with Gasteiger partial charge in [0.2, 0.25) is 0 Å². The Hall–Kier alpha value is -2.80. The van der Waals surface area contributed by atoms with Crippen LogP contribution in [0.2, 0.25) is 10.0 Å². The van der Waals surface area contributed by atoms with E-state index >= 15 is 0 Å². The SMILES string of the molecule is O=c1c2c3n(c(=O)cc2[nH]n1-c1ccccc1Cl)CCCN(Cc1cccc(Cl)c1)C3. The second-order valence-electron chi connectivity index (χ2n) is 7.77.